The molecule has 0 spiro atoms. The van der Waals surface area contributed by atoms with E-state index in [-0.39, 0.29) is 11.9 Å². The fraction of sp³-hybridized carbons (Fsp3) is 0.263. The number of benzene rings is 2. The van der Waals surface area contributed by atoms with Gasteiger partial charge in [-0.25, -0.2) is 5.01 Å². The van der Waals surface area contributed by atoms with Gasteiger partial charge in [-0.1, -0.05) is 24.3 Å². The van der Waals surface area contributed by atoms with Crippen LogP contribution in [0, 0.1) is 0 Å². The lowest BCUT2D eigenvalue weighted by Crippen LogP contribution is -2.24. The van der Waals surface area contributed by atoms with Gasteiger partial charge in [0.25, 0.3) is 0 Å². The maximum absolute atomic E-state index is 12.0. The summed E-state index contributed by atoms with van der Waals surface area (Å²) in [5.41, 5.74) is 2.80. The Bertz CT molecular complexity index is 768. The summed E-state index contributed by atoms with van der Waals surface area (Å²) in [6, 6.07) is 15.3. The zero-order chi connectivity index (χ0) is 17.1. The Balaban J connectivity index is 1.94. The van der Waals surface area contributed by atoms with Crippen LogP contribution in [-0.2, 0) is 4.79 Å². The molecule has 0 aromatic heterocycles. The maximum atomic E-state index is 12.0. The number of hydrogen-bond acceptors (Lipinski definition) is 4. The average Bonchev–Trinajstić information content (AvgIpc) is 3.07. The molecule has 0 fully saturated rings. The Morgan fingerprint density at radius 2 is 1.79 bits per heavy atom. The smallest absolute Gasteiger partial charge is 0.240 e. The molecule has 2 aromatic rings. The van der Waals surface area contributed by atoms with Crippen LogP contribution in [0.5, 0.6) is 11.5 Å². The van der Waals surface area contributed by atoms with Gasteiger partial charge < -0.3 is 9.47 Å². The minimum atomic E-state index is -0.117. The Morgan fingerprint density at radius 1 is 1.08 bits per heavy atom. The molecule has 3 rings (SSSR count). The molecule has 5 heteroatoms. The number of carbonyl (C=O) groups excluding carboxylic acids is 1. The van der Waals surface area contributed by atoms with Gasteiger partial charge in [-0.15, -0.1) is 0 Å². The van der Waals surface area contributed by atoms with Crippen molar-refractivity contribution in [3.05, 3.63) is 59.7 Å². The van der Waals surface area contributed by atoms with E-state index < -0.39 is 0 Å². The van der Waals surface area contributed by atoms with Crippen molar-refractivity contribution in [1.29, 1.82) is 0 Å². The Labute approximate surface area is 141 Å². The van der Waals surface area contributed by atoms with Crippen LogP contribution in [0.2, 0.25) is 0 Å². The van der Waals surface area contributed by atoms with Crippen molar-refractivity contribution in [1.82, 2.24) is 5.01 Å². The highest BCUT2D eigenvalue weighted by molar-refractivity contribution is 6.05. The van der Waals surface area contributed by atoms with Crippen molar-refractivity contribution in [2.24, 2.45) is 5.10 Å². The van der Waals surface area contributed by atoms with Gasteiger partial charge in [0.05, 0.1) is 26.0 Å². The topological polar surface area (TPSA) is 51.1 Å². The van der Waals surface area contributed by atoms with E-state index in [1.165, 1.54) is 6.92 Å². The zero-order valence-electron chi connectivity index (χ0n) is 14.0. The summed E-state index contributed by atoms with van der Waals surface area (Å²) in [4.78, 5) is 12.0. The highest BCUT2D eigenvalue weighted by atomic mass is 16.5. The molecule has 0 radical (unpaired) electrons. The number of methoxy groups -OCH3 is 2. The molecule has 0 bridgehead atoms. The standard InChI is InChI=1S/C19H20N2O3/c1-13(22)21-18(14-8-10-15(23-2)11-9-14)12-17(20-21)16-6-4-5-7-19(16)24-3/h4-11,18H,12H2,1-3H3/t18-/m0/s1. The molecule has 5 nitrogen and oxygen atoms in total. The normalized spacial score (nSPS) is 16.7. The van der Waals surface area contributed by atoms with Gasteiger partial charge in [-0.05, 0) is 29.8 Å². The number of rotatable bonds is 4. The van der Waals surface area contributed by atoms with Crippen LogP contribution in [0.4, 0.5) is 0 Å². The molecule has 0 N–H and O–H groups in total. The molecule has 0 aliphatic carbocycles. The molecule has 1 amide bonds. The molecule has 2 aromatic carbocycles. The first-order valence-electron chi connectivity index (χ1n) is 7.78. The van der Waals surface area contributed by atoms with Crippen molar-refractivity contribution in [3.63, 3.8) is 0 Å². The van der Waals surface area contributed by atoms with Crippen LogP contribution in [0.15, 0.2) is 53.6 Å². The summed E-state index contributed by atoms with van der Waals surface area (Å²) in [5.74, 6) is 1.47. The first kappa shape index (κ1) is 16.1. The summed E-state index contributed by atoms with van der Waals surface area (Å²) in [6.07, 6.45) is 0.645. The number of ether oxygens (including phenoxy) is 2. The SMILES string of the molecule is COc1ccc([C@@H]2CC(c3ccccc3OC)=NN2C(C)=O)cc1. The third kappa shape index (κ3) is 2.97. The lowest BCUT2D eigenvalue weighted by molar-refractivity contribution is -0.130. The maximum Gasteiger partial charge on any atom is 0.240 e. The number of hydrogen-bond donors (Lipinski definition) is 0. The molecule has 1 aliphatic rings. The molecule has 0 saturated carbocycles. The van der Waals surface area contributed by atoms with Crippen LogP contribution < -0.4 is 9.47 Å². The van der Waals surface area contributed by atoms with Gasteiger partial charge >= 0.3 is 0 Å². The summed E-state index contributed by atoms with van der Waals surface area (Å²) < 4.78 is 10.6. The van der Waals surface area contributed by atoms with E-state index in [4.69, 9.17) is 9.47 Å². The molecule has 124 valence electrons. The van der Waals surface area contributed by atoms with E-state index in [1.54, 1.807) is 19.2 Å². The van der Waals surface area contributed by atoms with E-state index in [9.17, 15) is 4.79 Å². The van der Waals surface area contributed by atoms with Crippen molar-refractivity contribution >= 4 is 11.6 Å². The molecule has 1 atom stereocenters. The van der Waals surface area contributed by atoms with Crippen molar-refractivity contribution in [2.45, 2.75) is 19.4 Å². The quantitative estimate of drug-likeness (QED) is 0.866. The van der Waals surface area contributed by atoms with Gasteiger partial charge in [0, 0.05) is 18.9 Å². The predicted octanol–water partition coefficient (Wildman–Crippen LogP) is 3.40. The molecule has 24 heavy (non-hydrogen) atoms. The molecular weight excluding hydrogens is 304 g/mol. The van der Waals surface area contributed by atoms with Gasteiger partial charge in [0.1, 0.15) is 11.5 Å². The van der Waals surface area contributed by atoms with Gasteiger partial charge in [0.15, 0.2) is 0 Å². The Morgan fingerprint density at radius 3 is 2.42 bits per heavy atom. The second-order valence-electron chi connectivity index (χ2n) is 5.60. The largest absolute Gasteiger partial charge is 0.497 e. The van der Waals surface area contributed by atoms with Crippen LogP contribution >= 0.6 is 0 Å². The zero-order valence-corrected chi connectivity index (χ0v) is 14.0. The number of nitrogens with zero attached hydrogens (tertiary/aromatic N) is 2. The van der Waals surface area contributed by atoms with Crippen LogP contribution in [0.1, 0.15) is 30.5 Å². The van der Waals surface area contributed by atoms with E-state index in [0.29, 0.717) is 6.42 Å². The monoisotopic (exact) mass is 324 g/mol. The van der Waals surface area contributed by atoms with Crippen molar-refractivity contribution in [3.8, 4) is 11.5 Å². The summed E-state index contributed by atoms with van der Waals surface area (Å²) in [6.45, 7) is 1.53. The molecule has 1 aliphatic heterocycles. The molecule has 0 unspecified atom stereocenters. The fourth-order valence-electron chi connectivity index (χ4n) is 2.93. The first-order valence-corrected chi connectivity index (χ1v) is 7.78. The van der Waals surface area contributed by atoms with E-state index in [1.807, 2.05) is 48.5 Å². The number of amides is 1. The highest BCUT2D eigenvalue weighted by Crippen LogP contribution is 2.35. The van der Waals surface area contributed by atoms with Gasteiger partial charge in [-0.2, -0.15) is 5.10 Å². The third-order valence-electron chi connectivity index (χ3n) is 4.15. The molecule has 0 saturated heterocycles. The van der Waals surface area contributed by atoms with E-state index >= 15 is 0 Å². The average molecular weight is 324 g/mol. The van der Waals surface area contributed by atoms with Crippen LogP contribution in [0.25, 0.3) is 0 Å². The minimum Gasteiger partial charge on any atom is -0.497 e. The fourth-order valence-corrected chi connectivity index (χ4v) is 2.93. The number of hydrazone groups is 1. The number of carbonyl (C=O) groups is 1. The summed E-state index contributed by atoms with van der Waals surface area (Å²) in [7, 11) is 3.27. The van der Waals surface area contributed by atoms with E-state index in [0.717, 1.165) is 28.3 Å². The molecular formula is C19H20N2O3. The predicted molar refractivity (Wildman–Crippen MR) is 92.4 cm³/mol. The van der Waals surface area contributed by atoms with Gasteiger partial charge in [0.2, 0.25) is 5.91 Å². The van der Waals surface area contributed by atoms with Crippen molar-refractivity contribution < 1.29 is 14.3 Å². The first-order chi connectivity index (χ1) is 11.6. The second-order valence-corrected chi connectivity index (χ2v) is 5.60. The Kier molecular flexibility index (Phi) is 4.51. The number of para-hydroxylation sites is 1. The second kappa shape index (κ2) is 6.74. The third-order valence-corrected chi connectivity index (χ3v) is 4.15. The van der Waals surface area contributed by atoms with Gasteiger partial charge in [-0.3, -0.25) is 4.79 Å². The molecule has 1 heterocycles. The highest BCUT2D eigenvalue weighted by Gasteiger charge is 2.32. The van der Waals surface area contributed by atoms with Crippen LogP contribution in [0.3, 0.4) is 0 Å². The van der Waals surface area contributed by atoms with E-state index in [2.05, 4.69) is 5.10 Å². The summed E-state index contributed by atoms with van der Waals surface area (Å²) in [5, 5.41) is 6.10. The van der Waals surface area contributed by atoms with Crippen LogP contribution in [-0.4, -0.2) is 30.8 Å². The van der Waals surface area contributed by atoms with Crippen molar-refractivity contribution in [2.75, 3.05) is 14.2 Å². The summed E-state index contributed by atoms with van der Waals surface area (Å²) >= 11 is 0. The lowest BCUT2D eigenvalue weighted by atomic mass is 9.98. The Hall–Kier alpha value is -2.82. The lowest BCUT2D eigenvalue weighted by Gasteiger charge is -2.20. The minimum absolute atomic E-state index is 0.0827.